The molecule has 9 heteroatoms. The van der Waals surface area contributed by atoms with E-state index in [0.29, 0.717) is 40.6 Å². The molecule has 0 saturated heterocycles. The van der Waals surface area contributed by atoms with Gasteiger partial charge in [0.1, 0.15) is 16.9 Å². The number of nitrogens with zero attached hydrogens (tertiary/aromatic N) is 4. The smallest absolute Gasteiger partial charge is 0.261 e. The molecule has 152 valence electrons. The quantitative estimate of drug-likeness (QED) is 0.467. The van der Waals surface area contributed by atoms with Crippen molar-refractivity contribution in [1.29, 1.82) is 0 Å². The molecule has 0 bridgehead atoms. The average Bonchev–Trinajstić information content (AvgIpc) is 3.38. The summed E-state index contributed by atoms with van der Waals surface area (Å²) in [5.41, 5.74) is 11.6. The van der Waals surface area contributed by atoms with Gasteiger partial charge < -0.3 is 20.6 Å². The number of nitrogen functional groups attached to an aromatic ring is 1. The normalized spacial score (nSPS) is 17.0. The lowest BCUT2D eigenvalue weighted by atomic mass is 10.0. The summed E-state index contributed by atoms with van der Waals surface area (Å²) in [6, 6.07) is 4.45. The molecule has 0 spiro atoms. The van der Waals surface area contributed by atoms with Crippen LogP contribution in [0.5, 0.6) is 0 Å². The van der Waals surface area contributed by atoms with Crippen molar-refractivity contribution in [2.45, 2.75) is 31.7 Å². The first-order valence-corrected chi connectivity index (χ1v) is 10.1. The minimum atomic E-state index is -0.316. The van der Waals surface area contributed by atoms with Crippen LogP contribution in [0.2, 0.25) is 0 Å². The van der Waals surface area contributed by atoms with Crippen molar-refractivity contribution < 1.29 is 4.79 Å². The third-order valence-corrected chi connectivity index (χ3v) is 6.25. The van der Waals surface area contributed by atoms with Gasteiger partial charge in [-0.25, -0.2) is 4.98 Å². The number of hydrogen-bond donors (Lipinski definition) is 3. The Morgan fingerprint density at radius 2 is 1.97 bits per heavy atom. The molecule has 30 heavy (non-hydrogen) atoms. The molecule has 3 aromatic heterocycles. The van der Waals surface area contributed by atoms with Crippen molar-refractivity contribution >= 4 is 33.7 Å². The van der Waals surface area contributed by atoms with Gasteiger partial charge >= 0.3 is 0 Å². The summed E-state index contributed by atoms with van der Waals surface area (Å²) in [4.78, 5) is 38.1. The summed E-state index contributed by atoms with van der Waals surface area (Å²) >= 11 is 0. The van der Waals surface area contributed by atoms with E-state index in [2.05, 4.69) is 20.1 Å². The van der Waals surface area contributed by atoms with Gasteiger partial charge in [-0.3, -0.25) is 14.3 Å². The van der Waals surface area contributed by atoms with Crippen molar-refractivity contribution in [2.75, 3.05) is 12.3 Å². The number of imidazole rings is 1. The van der Waals surface area contributed by atoms with E-state index < -0.39 is 0 Å². The second-order valence-electron chi connectivity index (χ2n) is 8.24. The highest BCUT2D eigenvalue weighted by Crippen LogP contribution is 2.32. The Kier molecular flexibility index (Phi) is 3.42. The topological polar surface area (TPSA) is 126 Å². The van der Waals surface area contributed by atoms with E-state index >= 15 is 0 Å². The zero-order valence-electron chi connectivity index (χ0n) is 16.5. The van der Waals surface area contributed by atoms with Crippen LogP contribution >= 0.6 is 0 Å². The molecule has 1 aromatic carbocycles. The van der Waals surface area contributed by atoms with Crippen LogP contribution in [0.15, 0.2) is 23.1 Å². The number of carbonyl (C=O) groups is 1. The van der Waals surface area contributed by atoms with E-state index in [1.165, 1.54) is 0 Å². The molecule has 0 radical (unpaired) electrons. The monoisotopic (exact) mass is 403 g/mol. The number of carbonyl (C=O) groups excluding carboxylic acids is 1. The Hall–Kier alpha value is -3.62. The first-order chi connectivity index (χ1) is 14.5. The zero-order chi connectivity index (χ0) is 20.6. The lowest BCUT2D eigenvalue weighted by Gasteiger charge is -2.19. The first-order valence-electron chi connectivity index (χ1n) is 10.1. The van der Waals surface area contributed by atoms with E-state index in [4.69, 9.17) is 5.73 Å². The van der Waals surface area contributed by atoms with E-state index in [1.807, 2.05) is 17.0 Å². The number of pyridine rings is 1. The molecular weight excluding hydrogens is 382 g/mol. The highest BCUT2D eigenvalue weighted by atomic mass is 16.2. The summed E-state index contributed by atoms with van der Waals surface area (Å²) in [5, 5.41) is 4.17. The number of aryl methyl sites for hydroxylation is 1. The Balaban J connectivity index is 1.47. The van der Waals surface area contributed by atoms with Crippen LogP contribution in [-0.4, -0.2) is 48.1 Å². The molecule has 0 unspecified atom stereocenters. The third kappa shape index (κ3) is 2.47. The molecule has 4 heterocycles. The van der Waals surface area contributed by atoms with Crippen LogP contribution in [0.25, 0.3) is 33.5 Å². The predicted octanol–water partition coefficient (Wildman–Crippen LogP) is 1.48. The largest absolute Gasteiger partial charge is 0.396 e. The molecule has 4 N–H and O–H groups in total. The van der Waals surface area contributed by atoms with Crippen molar-refractivity contribution in [3.8, 4) is 11.4 Å². The van der Waals surface area contributed by atoms with Gasteiger partial charge in [-0.2, -0.15) is 5.10 Å². The second-order valence-corrected chi connectivity index (χ2v) is 8.24. The molecule has 9 nitrogen and oxygen atoms in total. The summed E-state index contributed by atoms with van der Waals surface area (Å²) < 4.78 is 1.63. The number of nitrogens with two attached hydrogens (primary N) is 1. The van der Waals surface area contributed by atoms with Gasteiger partial charge in [-0.1, -0.05) is 0 Å². The summed E-state index contributed by atoms with van der Waals surface area (Å²) in [7, 11) is 1.78. The van der Waals surface area contributed by atoms with Crippen molar-refractivity contribution in [3.05, 3.63) is 39.8 Å². The molecule has 4 aromatic rings. The van der Waals surface area contributed by atoms with Crippen LogP contribution in [0, 0.1) is 0 Å². The molecule has 1 aliphatic carbocycles. The first kappa shape index (κ1) is 17.3. The third-order valence-electron chi connectivity index (χ3n) is 6.25. The number of hydrogen-bond acceptors (Lipinski definition) is 5. The van der Waals surface area contributed by atoms with Gasteiger partial charge in [-0.15, -0.1) is 0 Å². The van der Waals surface area contributed by atoms with Crippen molar-refractivity contribution in [2.24, 2.45) is 7.05 Å². The number of aromatic nitrogens is 5. The maximum Gasteiger partial charge on any atom is 0.261 e. The maximum absolute atomic E-state index is 12.7. The molecule has 2 aliphatic rings. The fraction of sp³-hybridized carbons (Fsp3) is 0.333. The van der Waals surface area contributed by atoms with E-state index in [9.17, 15) is 9.59 Å². The minimum Gasteiger partial charge on any atom is -0.396 e. The van der Waals surface area contributed by atoms with E-state index in [1.54, 1.807) is 17.9 Å². The van der Waals surface area contributed by atoms with Crippen molar-refractivity contribution in [1.82, 2.24) is 29.6 Å². The molecule has 1 aliphatic heterocycles. The lowest BCUT2D eigenvalue weighted by Crippen LogP contribution is -2.34. The van der Waals surface area contributed by atoms with Gasteiger partial charge in [0.2, 0.25) is 5.91 Å². The number of benzene rings is 1. The summed E-state index contributed by atoms with van der Waals surface area (Å²) in [6.07, 6.45) is 5.03. The number of nitrogens with one attached hydrogen (secondary N) is 2. The second kappa shape index (κ2) is 5.94. The number of anilines is 1. The van der Waals surface area contributed by atoms with Gasteiger partial charge in [0, 0.05) is 19.6 Å². The van der Waals surface area contributed by atoms with Gasteiger partial charge in [-0.05, 0) is 42.5 Å². The fourth-order valence-corrected chi connectivity index (χ4v) is 4.57. The molecule has 0 atom stereocenters. The highest BCUT2D eigenvalue weighted by Gasteiger charge is 2.34. The van der Waals surface area contributed by atoms with Crippen LogP contribution in [-0.2, 0) is 24.7 Å². The van der Waals surface area contributed by atoms with Crippen LogP contribution in [0.1, 0.15) is 24.0 Å². The number of fused-ring (bicyclic) bond motifs is 3. The molecule has 6 rings (SSSR count). The Morgan fingerprint density at radius 3 is 2.77 bits per heavy atom. The van der Waals surface area contributed by atoms with Crippen molar-refractivity contribution in [3.63, 3.8) is 0 Å². The average molecular weight is 403 g/mol. The number of rotatable bonds is 2. The molecule has 1 fully saturated rings. The lowest BCUT2D eigenvalue weighted by molar-refractivity contribution is -0.130. The van der Waals surface area contributed by atoms with Gasteiger partial charge in [0.25, 0.3) is 5.56 Å². The summed E-state index contributed by atoms with van der Waals surface area (Å²) in [6.45, 7) is 0.753. The van der Waals surface area contributed by atoms with Gasteiger partial charge in [0.15, 0.2) is 0 Å². The number of aromatic amines is 2. The summed E-state index contributed by atoms with van der Waals surface area (Å²) in [5.74, 6) is 0.607. The Morgan fingerprint density at radius 1 is 1.13 bits per heavy atom. The molecular formula is C21H21N7O2. The minimum absolute atomic E-state index is 0.192. The van der Waals surface area contributed by atoms with Crippen LogP contribution < -0.4 is 11.3 Å². The molecule has 1 amide bonds. The predicted molar refractivity (Wildman–Crippen MR) is 113 cm³/mol. The standard InChI is InChI=1S/C21H21N7O2/c1-27-19-15(9-23-27)26-21(30)17(18(19)22)20-24-13-6-10-4-5-28(12-2-3-12)16(29)8-11(10)7-14(13)25-20/h6-7,9,12H,2-5,8H2,1H3,(H,24,25)(H3,22,26,30). The maximum atomic E-state index is 12.7. The zero-order valence-corrected chi connectivity index (χ0v) is 16.5. The van der Waals surface area contributed by atoms with E-state index in [0.717, 1.165) is 48.0 Å². The SMILES string of the molecule is Cn1ncc2[nH]c(=O)c(-c3nc4cc5c(cc4[nH]3)CC(=O)N(C3CC3)CC5)c(N)c21. The Labute approximate surface area is 170 Å². The Bertz CT molecular complexity index is 1410. The fourth-order valence-electron chi connectivity index (χ4n) is 4.57. The highest BCUT2D eigenvalue weighted by molar-refractivity contribution is 5.95. The van der Waals surface area contributed by atoms with Crippen LogP contribution in [0.3, 0.4) is 0 Å². The number of H-pyrrole nitrogens is 2. The molecule has 1 saturated carbocycles. The van der Waals surface area contributed by atoms with Crippen LogP contribution in [0.4, 0.5) is 5.69 Å². The number of amides is 1. The van der Waals surface area contributed by atoms with E-state index in [-0.39, 0.29) is 11.5 Å². The van der Waals surface area contributed by atoms with Gasteiger partial charge in [0.05, 0.1) is 34.9 Å².